The number of aromatic nitrogens is 2. The van der Waals surface area contributed by atoms with Gasteiger partial charge in [-0.1, -0.05) is 0 Å². The lowest BCUT2D eigenvalue weighted by Crippen LogP contribution is -2.46. The first kappa shape index (κ1) is 19.0. The molecule has 2 fully saturated rings. The molecule has 156 valence electrons. The smallest absolute Gasteiger partial charge is 0.192 e. The van der Waals surface area contributed by atoms with Gasteiger partial charge in [0.1, 0.15) is 23.3 Å². The van der Waals surface area contributed by atoms with Gasteiger partial charge < -0.3 is 14.4 Å². The molecular formula is C23H24FN3O3. The highest BCUT2D eigenvalue weighted by atomic mass is 19.1. The van der Waals surface area contributed by atoms with Crippen LogP contribution in [0.25, 0.3) is 22.2 Å². The highest BCUT2D eigenvalue weighted by molar-refractivity contribution is 5.86. The normalized spacial score (nSPS) is 25.6. The number of rotatable bonds is 3. The van der Waals surface area contributed by atoms with Crippen molar-refractivity contribution in [2.75, 3.05) is 11.9 Å². The van der Waals surface area contributed by atoms with Crippen LogP contribution in [-0.2, 0) is 0 Å². The van der Waals surface area contributed by atoms with Gasteiger partial charge in [0.05, 0.1) is 17.1 Å². The van der Waals surface area contributed by atoms with Crippen LogP contribution in [-0.4, -0.2) is 34.6 Å². The number of fused-ring (bicyclic) bond motifs is 3. The largest absolute Gasteiger partial charge is 0.507 e. The molecule has 2 saturated carbocycles. The van der Waals surface area contributed by atoms with E-state index in [4.69, 9.17) is 4.42 Å². The first-order valence-corrected chi connectivity index (χ1v) is 10.4. The molecule has 7 heteroatoms. The van der Waals surface area contributed by atoms with E-state index in [1.807, 2.05) is 11.9 Å². The first-order valence-electron chi connectivity index (χ1n) is 10.4. The molecule has 2 aliphatic carbocycles. The molecule has 0 amide bonds. The van der Waals surface area contributed by atoms with Crippen molar-refractivity contribution >= 4 is 16.8 Å². The average molecular weight is 409 g/mol. The zero-order valence-corrected chi connectivity index (χ0v) is 17.0. The highest BCUT2D eigenvalue weighted by Gasteiger charge is 2.44. The van der Waals surface area contributed by atoms with E-state index in [-0.39, 0.29) is 23.1 Å². The van der Waals surface area contributed by atoms with E-state index < -0.39 is 6.17 Å². The van der Waals surface area contributed by atoms with Crippen molar-refractivity contribution in [3.05, 3.63) is 46.3 Å². The maximum Gasteiger partial charge on any atom is 0.192 e. The van der Waals surface area contributed by atoms with Crippen molar-refractivity contribution in [3.63, 3.8) is 0 Å². The summed E-state index contributed by atoms with van der Waals surface area (Å²) < 4.78 is 20.5. The van der Waals surface area contributed by atoms with Gasteiger partial charge in [-0.15, -0.1) is 10.2 Å². The molecule has 5 rings (SSSR count). The summed E-state index contributed by atoms with van der Waals surface area (Å²) in [6, 6.07) is 7.75. The molecule has 2 bridgehead atoms. The standard InChI is InChI=1S/C23H24FN3O3/c1-12-7-19(28)16-10-15(20(29)11-21(16)30-12)17-5-6-22(26-25-17)27(2)18-9-13-3-4-14(8-13)23(18)24/h5-7,10-11,13-14,18,23,29H,3-4,8-9H2,1-2H3/t13-,14+,18+,23-/m0/s1. The molecule has 30 heavy (non-hydrogen) atoms. The summed E-state index contributed by atoms with van der Waals surface area (Å²) in [5.41, 5.74) is 0.984. The lowest BCUT2D eigenvalue weighted by Gasteiger charge is -2.38. The van der Waals surface area contributed by atoms with Crippen LogP contribution in [0.5, 0.6) is 5.75 Å². The van der Waals surface area contributed by atoms with Crippen molar-refractivity contribution in [2.24, 2.45) is 11.8 Å². The highest BCUT2D eigenvalue weighted by Crippen LogP contribution is 2.45. The number of nitrogens with zero attached hydrogens (tertiary/aromatic N) is 3. The number of phenolic OH excluding ortho intramolecular Hbond substituents is 1. The van der Waals surface area contributed by atoms with Crippen molar-refractivity contribution in [2.45, 2.75) is 44.8 Å². The van der Waals surface area contributed by atoms with Gasteiger partial charge in [-0.05, 0) is 62.6 Å². The van der Waals surface area contributed by atoms with Gasteiger partial charge in [-0.3, -0.25) is 4.79 Å². The minimum Gasteiger partial charge on any atom is -0.507 e. The molecule has 0 radical (unpaired) electrons. The Bertz CT molecular complexity index is 1160. The molecule has 0 unspecified atom stereocenters. The lowest BCUT2D eigenvalue weighted by atomic mass is 9.83. The Morgan fingerprint density at radius 3 is 2.77 bits per heavy atom. The fourth-order valence-corrected chi connectivity index (χ4v) is 5.12. The fraction of sp³-hybridized carbons (Fsp3) is 0.435. The minimum absolute atomic E-state index is 0.0423. The minimum atomic E-state index is -0.845. The molecule has 0 aliphatic heterocycles. The predicted octanol–water partition coefficient (Wildman–Crippen LogP) is 4.23. The zero-order valence-electron chi connectivity index (χ0n) is 17.0. The van der Waals surface area contributed by atoms with E-state index >= 15 is 0 Å². The summed E-state index contributed by atoms with van der Waals surface area (Å²) in [5, 5.41) is 19.3. The van der Waals surface area contributed by atoms with E-state index in [2.05, 4.69) is 10.2 Å². The monoisotopic (exact) mass is 409 g/mol. The zero-order chi connectivity index (χ0) is 21.0. The van der Waals surface area contributed by atoms with Gasteiger partial charge in [-0.2, -0.15) is 0 Å². The number of hydrogen-bond donors (Lipinski definition) is 1. The molecule has 0 saturated heterocycles. The second-order valence-corrected chi connectivity index (χ2v) is 8.66. The molecule has 2 heterocycles. The molecule has 4 atom stereocenters. The van der Waals surface area contributed by atoms with Crippen LogP contribution in [0.4, 0.5) is 10.2 Å². The third-order valence-electron chi connectivity index (χ3n) is 6.73. The molecule has 1 aromatic carbocycles. The molecule has 2 aromatic heterocycles. The Morgan fingerprint density at radius 2 is 2.00 bits per heavy atom. The quantitative estimate of drug-likeness (QED) is 0.698. The molecule has 6 nitrogen and oxygen atoms in total. The summed E-state index contributed by atoms with van der Waals surface area (Å²) in [6.45, 7) is 1.69. The molecule has 0 spiro atoms. The van der Waals surface area contributed by atoms with Crippen molar-refractivity contribution in [3.8, 4) is 17.0 Å². The van der Waals surface area contributed by atoms with Crippen LogP contribution in [0.2, 0.25) is 0 Å². The molecule has 1 N–H and O–H groups in total. The summed E-state index contributed by atoms with van der Waals surface area (Å²) >= 11 is 0. The maximum atomic E-state index is 14.9. The molecule has 2 aliphatic rings. The number of anilines is 1. The number of aromatic hydroxyl groups is 1. The van der Waals surface area contributed by atoms with E-state index in [0.717, 1.165) is 25.7 Å². The Kier molecular flexibility index (Phi) is 4.49. The Hall–Kier alpha value is -2.96. The van der Waals surface area contributed by atoms with Crippen LogP contribution >= 0.6 is 0 Å². The van der Waals surface area contributed by atoms with Gasteiger partial charge in [0.2, 0.25) is 0 Å². The van der Waals surface area contributed by atoms with Gasteiger partial charge in [0, 0.05) is 24.7 Å². The summed E-state index contributed by atoms with van der Waals surface area (Å²) in [7, 11) is 1.87. The van der Waals surface area contributed by atoms with Gasteiger partial charge in [0.25, 0.3) is 0 Å². The van der Waals surface area contributed by atoms with E-state index in [9.17, 15) is 14.3 Å². The van der Waals surface area contributed by atoms with Gasteiger partial charge in [0.15, 0.2) is 11.2 Å². The average Bonchev–Trinajstić information content (AvgIpc) is 3.13. The first-order chi connectivity index (χ1) is 14.4. The summed E-state index contributed by atoms with van der Waals surface area (Å²) in [5.74, 6) is 1.80. The second-order valence-electron chi connectivity index (χ2n) is 8.66. The topological polar surface area (TPSA) is 79.5 Å². The van der Waals surface area contributed by atoms with Crippen molar-refractivity contribution in [1.82, 2.24) is 10.2 Å². The molecular weight excluding hydrogens is 385 g/mol. The number of benzene rings is 1. The third-order valence-corrected chi connectivity index (χ3v) is 6.73. The third kappa shape index (κ3) is 3.13. The molecule has 3 aromatic rings. The van der Waals surface area contributed by atoms with Crippen molar-refractivity contribution in [1.29, 1.82) is 0 Å². The second kappa shape index (κ2) is 7.07. The number of hydrogen-bond acceptors (Lipinski definition) is 6. The predicted molar refractivity (Wildman–Crippen MR) is 112 cm³/mol. The van der Waals surface area contributed by atoms with Crippen molar-refractivity contribution < 1.29 is 13.9 Å². The van der Waals surface area contributed by atoms with Crippen LogP contribution in [0.15, 0.2) is 39.5 Å². The number of aryl methyl sites for hydroxylation is 1. The lowest BCUT2D eigenvalue weighted by molar-refractivity contribution is 0.144. The Labute approximate surface area is 173 Å². The maximum absolute atomic E-state index is 14.9. The van der Waals surface area contributed by atoms with Crippen LogP contribution in [0.3, 0.4) is 0 Å². The van der Waals surface area contributed by atoms with Crippen LogP contribution in [0, 0.1) is 18.8 Å². The SMILES string of the molecule is Cc1cc(=O)c2cc(-c3ccc(N(C)[C@@H]4C[C@H]5CC[C@H](C5)[C@@H]4F)nn3)c(O)cc2o1. The Morgan fingerprint density at radius 1 is 1.17 bits per heavy atom. The number of alkyl halides is 1. The van der Waals surface area contributed by atoms with E-state index in [0.29, 0.717) is 39.7 Å². The van der Waals surface area contributed by atoms with Crippen LogP contribution < -0.4 is 10.3 Å². The van der Waals surface area contributed by atoms with Gasteiger partial charge in [-0.25, -0.2) is 4.39 Å². The number of halogens is 1. The van der Waals surface area contributed by atoms with Crippen LogP contribution in [0.1, 0.15) is 31.4 Å². The fourth-order valence-electron chi connectivity index (χ4n) is 5.12. The Balaban J connectivity index is 1.45. The number of phenols is 1. The van der Waals surface area contributed by atoms with E-state index in [1.54, 1.807) is 25.1 Å². The van der Waals surface area contributed by atoms with Gasteiger partial charge >= 0.3 is 0 Å². The van der Waals surface area contributed by atoms with E-state index in [1.165, 1.54) is 12.1 Å². The summed E-state index contributed by atoms with van der Waals surface area (Å²) in [6.07, 6.45) is 3.11. The summed E-state index contributed by atoms with van der Waals surface area (Å²) in [4.78, 5) is 14.2.